The van der Waals surface area contributed by atoms with Crippen molar-refractivity contribution in [3.8, 4) is 0 Å². The third kappa shape index (κ3) is 1.60. The first-order chi connectivity index (χ1) is 5.86. The number of hydrogen-bond acceptors (Lipinski definition) is 1. The highest BCUT2D eigenvalue weighted by Crippen LogP contribution is 2.26. The zero-order valence-electron chi connectivity index (χ0n) is 7.79. The molecule has 66 valence electrons. The maximum absolute atomic E-state index is 4.59. The van der Waals surface area contributed by atoms with E-state index in [2.05, 4.69) is 24.1 Å². The molecule has 1 aliphatic carbocycles. The highest BCUT2D eigenvalue weighted by atomic mass is 14.8. The second-order valence-corrected chi connectivity index (χ2v) is 4.11. The molecule has 1 heterocycles. The molecule has 0 saturated carbocycles. The lowest BCUT2D eigenvalue weighted by atomic mass is 9.88. The normalized spacial score (nSPS) is 35.2. The van der Waals surface area contributed by atoms with Crippen LogP contribution in [0.15, 0.2) is 17.1 Å². The standard InChI is InChI=1S/C11H17N/c1-9-4-2-3-5-10-6-7-12-11(10)8-9/h2-3,9-10H,4-8H2,1H3. The summed E-state index contributed by atoms with van der Waals surface area (Å²) in [6, 6.07) is 0. The molecule has 0 radical (unpaired) electrons. The predicted molar refractivity (Wildman–Crippen MR) is 52.6 cm³/mol. The maximum atomic E-state index is 4.59. The Morgan fingerprint density at radius 3 is 3.08 bits per heavy atom. The summed E-state index contributed by atoms with van der Waals surface area (Å²) in [6.07, 6.45) is 9.72. The van der Waals surface area contributed by atoms with Gasteiger partial charge in [-0.15, -0.1) is 0 Å². The third-order valence-corrected chi connectivity index (χ3v) is 2.95. The van der Waals surface area contributed by atoms with Crippen molar-refractivity contribution >= 4 is 5.71 Å². The minimum Gasteiger partial charge on any atom is -0.294 e. The third-order valence-electron chi connectivity index (χ3n) is 2.95. The van der Waals surface area contributed by atoms with Crippen LogP contribution in [-0.4, -0.2) is 12.3 Å². The van der Waals surface area contributed by atoms with E-state index in [-0.39, 0.29) is 0 Å². The number of allylic oxidation sites excluding steroid dienone is 2. The second-order valence-electron chi connectivity index (χ2n) is 4.11. The van der Waals surface area contributed by atoms with E-state index in [1.54, 1.807) is 0 Å². The zero-order chi connectivity index (χ0) is 8.39. The van der Waals surface area contributed by atoms with Crippen molar-refractivity contribution in [2.45, 2.75) is 32.6 Å². The zero-order valence-corrected chi connectivity index (χ0v) is 7.79. The van der Waals surface area contributed by atoms with Crippen molar-refractivity contribution in [3.05, 3.63) is 12.2 Å². The lowest BCUT2D eigenvalue weighted by molar-refractivity contribution is 0.580. The molecule has 2 aliphatic rings. The molecule has 1 aliphatic heterocycles. The highest BCUT2D eigenvalue weighted by Gasteiger charge is 2.22. The summed E-state index contributed by atoms with van der Waals surface area (Å²) in [6.45, 7) is 3.41. The Hall–Kier alpha value is -0.590. The van der Waals surface area contributed by atoms with Crippen molar-refractivity contribution in [1.82, 2.24) is 0 Å². The summed E-state index contributed by atoms with van der Waals surface area (Å²) in [7, 11) is 0. The van der Waals surface area contributed by atoms with Crippen LogP contribution in [0.4, 0.5) is 0 Å². The summed E-state index contributed by atoms with van der Waals surface area (Å²) < 4.78 is 0. The van der Waals surface area contributed by atoms with Gasteiger partial charge in [0.05, 0.1) is 0 Å². The molecule has 0 N–H and O–H groups in total. The number of aliphatic imine (C=N–C) groups is 1. The molecule has 12 heavy (non-hydrogen) atoms. The molecule has 2 unspecified atom stereocenters. The second kappa shape index (κ2) is 3.42. The molecule has 0 fully saturated rings. The van der Waals surface area contributed by atoms with E-state index in [0.717, 1.165) is 18.4 Å². The van der Waals surface area contributed by atoms with Gasteiger partial charge in [0, 0.05) is 18.2 Å². The molecule has 1 heteroatoms. The van der Waals surface area contributed by atoms with E-state index in [0.29, 0.717) is 0 Å². The fourth-order valence-corrected chi connectivity index (χ4v) is 2.17. The summed E-state index contributed by atoms with van der Waals surface area (Å²) in [5.74, 6) is 1.60. The summed E-state index contributed by atoms with van der Waals surface area (Å²) >= 11 is 0. The molecule has 0 aromatic heterocycles. The maximum Gasteiger partial charge on any atom is 0.0395 e. The summed E-state index contributed by atoms with van der Waals surface area (Å²) in [4.78, 5) is 4.59. The van der Waals surface area contributed by atoms with E-state index in [9.17, 15) is 0 Å². The Kier molecular flexibility index (Phi) is 2.29. The Bertz CT molecular complexity index is 215. The van der Waals surface area contributed by atoms with E-state index < -0.39 is 0 Å². The van der Waals surface area contributed by atoms with Gasteiger partial charge in [-0.1, -0.05) is 19.1 Å². The van der Waals surface area contributed by atoms with Gasteiger partial charge in [0.1, 0.15) is 0 Å². The van der Waals surface area contributed by atoms with Gasteiger partial charge in [-0.25, -0.2) is 0 Å². The van der Waals surface area contributed by atoms with Gasteiger partial charge in [-0.2, -0.15) is 0 Å². The van der Waals surface area contributed by atoms with Gasteiger partial charge in [0.25, 0.3) is 0 Å². The van der Waals surface area contributed by atoms with Crippen molar-refractivity contribution in [1.29, 1.82) is 0 Å². The van der Waals surface area contributed by atoms with Gasteiger partial charge in [-0.3, -0.25) is 4.99 Å². The molecule has 0 bridgehead atoms. The van der Waals surface area contributed by atoms with Crippen molar-refractivity contribution in [3.63, 3.8) is 0 Å². The highest BCUT2D eigenvalue weighted by molar-refractivity contribution is 5.88. The van der Waals surface area contributed by atoms with E-state index in [1.807, 2.05) is 0 Å². The number of nitrogens with zero attached hydrogens (tertiary/aromatic N) is 1. The molecule has 0 saturated heterocycles. The molecule has 1 nitrogen and oxygen atoms in total. The van der Waals surface area contributed by atoms with Crippen LogP contribution in [0, 0.1) is 11.8 Å². The van der Waals surface area contributed by atoms with Gasteiger partial charge < -0.3 is 0 Å². The summed E-state index contributed by atoms with van der Waals surface area (Å²) in [5.41, 5.74) is 1.51. The molecule has 2 rings (SSSR count). The van der Waals surface area contributed by atoms with Gasteiger partial charge in [0.2, 0.25) is 0 Å². The minimum atomic E-state index is 0.795. The van der Waals surface area contributed by atoms with Gasteiger partial charge >= 0.3 is 0 Å². The largest absolute Gasteiger partial charge is 0.294 e. The minimum absolute atomic E-state index is 0.795. The molecule has 0 spiro atoms. The molecule has 0 amide bonds. The van der Waals surface area contributed by atoms with Crippen LogP contribution in [0.25, 0.3) is 0 Å². The van der Waals surface area contributed by atoms with E-state index >= 15 is 0 Å². The molecule has 0 aromatic rings. The van der Waals surface area contributed by atoms with Gasteiger partial charge in [0.15, 0.2) is 0 Å². The smallest absolute Gasteiger partial charge is 0.0395 e. The first-order valence-corrected chi connectivity index (χ1v) is 5.04. The molecule has 2 atom stereocenters. The predicted octanol–water partition coefficient (Wildman–Crippen LogP) is 2.82. The Morgan fingerprint density at radius 1 is 1.33 bits per heavy atom. The van der Waals surface area contributed by atoms with Crippen LogP contribution in [0.5, 0.6) is 0 Å². The van der Waals surface area contributed by atoms with Crippen LogP contribution < -0.4 is 0 Å². The monoisotopic (exact) mass is 163 g/mol. The topological polar surface area (TPSA) is 12.4 Å². The van der Waals surface area contributed by atoms with Crippen LogP contribution in [0.2, 0.25) is 0 Å². The van der Waals surface area contributed by atoms with E-state index in [1.165, 1.54) is 31.4 Å². The summed E-state index contributed by atoms with van der Waals surface area (Å²) in [5, 5.41) is 0. The molecular weight excluding hydrogens is 146 g/mol. The van der Waals surface area contributed by atoms with Crippen molar-refractivity contribution in [2.24, 2.45) is 16.8 Å². The number of hydrogen-bond donors (Lipinski definition) is 0. The Morgan fingerprint density at radius 2 is 2.17 bits per heavy atom. The number of rotatable bonds is 0. The fraction of sp³-hybridized carbons (Fsp3) is 0.727. The SMILES string of the molecule is CC1CC=CCC2CCN=C2C1. The number of fused-ring (bicyclic) bond motifs is 1. The van der Waals surface area contributed by atoms with Gasteiger partial charge in [-0.05, 0) is 31.6 Å². The fourth-order valence-electron chi connectivity index (χ4n) is 2.17. The van der Waals surface area contributed by atoms with Crippen LogP contribution in [-0.2, 0) is 0 Å². The van der Waals surface area contributed by atoms with Crippen molar-refractivity contribution in [2.75, 3.05) is 6.54 Å². The van der Waals surface area contributed by atoms with Crippen molar-refractivity contribution < 1.29 is 0 Å². The first-order valence-electron chi connectivity index (χ1n) is 5.04. The first kappa shape index (κ1) is 8.03. The lowest BCUT2D eigenvalue weighted by Crippen LogP contribution is -2.14. The van der Waals surface area contributed by atoms with E-state index in [4.69, 9.17) is 0 Å². The van der Waals surface area contributed by atoms with Crippen LogP contribution in [0.1, 0.15) is 32.6 Å². The quantitative estimate of drug-likeness (QED) is 0.487. The molecule has 0 aromatic carbocycles. The van der Waals surface area contributed by atoms with Crippen LogP contribution in [0.3, 0.4) is 0 Å². The molecular formula is C11H17N. The lowest BCUT2D eigenvalue weighted by Gasteiger charge is -2.17. The average Bonchev–Trinajstić information content (AvgIpc) is 2.42. The van der Waals surface area contributed by atoms with Crippen LogP contribution >= 0.6 is 0 Å². The average molecular weight is 163 g/mol. The Balaban J connectivity index is 2.11. The Labute approximate surface area is 74.6 Å².